The number of hydrogen-bond donors (Lipinski definition) is 2. The molecule has 0 saturated carbocycles. The largest absolute Gasteiger partial charge is 0.478 e. The van der Waals surface area contributed by atoms with Crippen molar-refractivity contribution in [3.05, 3.63) is 45.8 Å². The Bertz CT molecular complexity index is 660. The van der Waals surface area contributed by atoms with Gasteiger partial charge in [-0.1, -0.05) is 5.16 Å². The first-order valence-electron chi connectivity index (χ1n) is 5.22. The van der Waals surface area contributed by atoms with Crippen molar-refractivity contribution in [1.82, 2.24) is 5.16 Å². The SMILES string of the molecule is N#Cc1ccc(NCc2oncc2C(=O)O)cc1Br. The molecule has 0 aliphatic heterocycles. The van der Waals surface area contributed by atoms with E-state index in [2.05, 4.69) is 26.4 Å². The van der Waals surface area contributed by atoms with Crippen LogP contribution in [0.1, 0.15) is 21.7 Å². The Morgan fingerprint density at radius 2 is 2.37 bits per heavy atom. The number of carboxylic acids is 1. The minimum absolute atomic E-state index is 0.0280. The molecule has 96 valence electrons. The van der Waals surface area contributed by atoms with Crippen molar-refractivity contribution >= 4 is 27.6 Å². The van der Waals surface area contributed by atoms with E-state index in [1.54, 1.807) is 18.2 Å². The van der Waals surface area contributed by atoms with Gasteiger partial charge in [0.2, 0.25) is 0 Å². The Hall–Kier alpha value is -2.33. The van der Waals surface area contributed by atoms with Gasteiger partial charge in [0, 0.05) is 10.2 Å². The molecule has 1 aromatic heterocycles. The summed E-state index contributed by atoms with van der Waals surface area (Å²) in [5, 5.41) is 24.1. The molecule has 7 heteroatoms. The molecule has 2 N–H and O–H groups in total. The van der Waals surface area contributed by atoms with E-state index in [4.69, 9.17) is 14.9 Å². The van der Waals surface area contributed by atoms with Gasteiger partial charge in [-0.2, -0.15) is 5.26 Å². The summed E-state index contributed by atoms with van der Waals surface area (Å²) in [6, 6.07) is 7.15. The van der Waals surface area contributed by atoms with E-state index >= 15 is 0 Å². The van der Waals surface area contributed by atoms with Crippen LogP contribution in [0.15, 0.2) is 33.4 Å². The lowest BCUT2D eigenvalue weighted by molar-refractivity contribution is 0.0694. The van der Waals surface area contributed by atoms with Crippen molar-refractivity contribution in [1.29, 1.82) is 5.26 Å². The minimum atomic E-state index is -1.08. The van der Waals surface area contributed by atoms with E-state index in [0.29, 0.717) is 10.0 Å². The fourth-order valence-electron chi connectivity index (χ4n) is 1.46. The maximum absolute atomic E-state index is 10.9. The number of benzene rings is 1. The Balaban J connectivity index is 2.11. The minimum Gasteiger partial charge on any atom is -0.478 e. The molecule has 1 heterocycles. The summed E-state index contributed by atoms with van der Waals surface area (Å²) >= 11 is 3.27. The summed E-state index contributed by atoms with van der Waals surface area (Å²) in [6.45, 7) is 0.194. The number of carbonyl (C=O) groups is 1. The van der Waals surface area contributed by atoms with Crippen molar-refractivity contribution in [2.45, 2.75) is 6.54 Å². The number of hydrogen-bond acceptors (Lipinski definition) is 5. The number of nitriles is 1. The van der Waals surface area contributed by atoms with E-state index in [1.807, 2.05) is 6.07 Å². The van der Waals surface area contributed by atoms with E-state index in [0.717, 1.165) is 11.9 Å². The lowest BCUT2D eigenvalue weighted by atomic mass is 10.2. The molecule has 2 rings (SSSR count). The molecule has 6 nitrogen and oxygen atoms in total. The monoisotopic (exact) mass is 321 g/mol. The number of rotatable bonds is 4. The number of nitrogens with zero attached hydrogens (tertiary/aromatic N) is 2. The molecule has 0 aliphatic carbocycles. The Morgan fingerprint density at radius 1 is 1.58 bits per heavy atom. The Labute approximate surface area is 116 Å². The van der Waals surface area contributed by atoms with Gasteiger partial charge in [0.05, 0.1) is 18.3 Å². The van der Waals surface area contributed by atoms with Crippen molar-refractivity contribution < 1.29 is 14.4 Å². The second kappa shape index (κ2) is 5.54. The third-order valence-electron chi connectivity index (χ3n) is 2.42. The first-order valence-corrected chi connectivity index (χ1v) is 6.01. The van der Waals surface area contributed by atoms with Crippen LogP contribution in [0.4, 0.5) is 5.69 Å². The van der Waals surface area contributed by atoms with Crippen LogP contribution in [0.2, 0.25) is 0 Å². The predicted octanol–water partition coefficient (Wildman–Crippen LogP) is 2.62. The van der Waals surface area contributed by atoms with Gasteiger partial charge in [-0.15, -0.1) is 0 Å². The number of nitrogens with one attached hydrogen (secondary N) is 1. The van der Waals surface area contributed by atoms with Gasteiger partial charge in [-0.3, -0.25) is 0 Å². The average molecular weight is 322 g/mol. The smallest absolute Gasteiger partial charge is 0.341 e. The van der Waals surface area contributed by atoms with Crippen LogP contribution in [0.25, 0.3) is 0 Å². The van der Waals surface area contributed by atoms with Crippen LogP contribution >= 0.6 is 15.9 Å². The highest BCUT2D eigenvalue weighted by Crippen LogP contribution is 2.21. The molecule has 0 aliphatic rings. The van der Waals surface area contributed by atoms with E-state index in [1.165, 1.54) is 0 Å². The highest BCUT2D eigenvalue weighted by molar-refractivity contribution is 9.10. The summed E-state index contributed by atoms with van der Waals surface area (Å²) in [4.78, 5) is 10.9. The van der Waals surface area contributed by atoms with Crippen LogP contribution in [0, 0.1) is 11.3 Å². The zero-order valence-electron chi connectivity index (χ0n) is 9.55. The lowest BCUT2D eigenvalue weighted by Gasteiger charge is -2.05. The van der Waals surface area contributed by atoms with Gasteiger partial charge in [-0.25, -0.2) is 4.79 Å². The number of aromatic nitrogens is 1. The molecule has 19 heavy (non-hydrogen) atoms. The highest BCUT2D eigenvalue weighted by atomic mass is 79.9. The van der Waals surface area contributed by atoms with Gasteiger partial charge in [0.15, 0.2) is 5.76 Å². The van der Waals surface area contributed by atoms with Gasteiger partial charge < -0.3 is 14.9 Å². The first-order chi connectivity index (χ1) is 9.11. The van der Waals surface area contributed by atoms with E-state index in [9.17, 15) is 4.79 Å². The van der Waals surface area contributed by atoms with Crippen LogP contribution in [0.3, 0.4) is 0 Å². The molecule has 0 radical (unpaired) electrons. The molecule has 0 spiro atoms. The first kappa shape index (κ1) is 13.1. The summed E-state index contributed by atoms with van der Waals surface area (Å²) in [5.74, 6) is -0.841. The van der Waals surface area contributed by atoms with Gasteiger partial charge in [0.1, 0.15) is 11.6 Å². The van der Waals surface area contributed by atoms with Gasteiger partial charge in [0.25, 0.3) is 0 Å². The molecular formula is C12H8BrN3O3. The molecule has 0 amide bonds. The van der Waals surface area contributed by atoms with E-state index in [-0.39, 0.29) is 17.9 Å². The third kappa shape index (κ3) is 2.92. The topological polar surface area (TPSA) is 99.2 Å². The van der Waals surface area contributed by atoms with E-state index < -0.39 is 5.97 Å². The summed E-state index contributed by atoms with van der Waals surface area (Å²) in [5.41, 5.74) is 1.29. The summed E-state index contributed by atoms with van der Waals surface area (Å²) in [7, 11) is 0. The highest BCUT2D eigenvalue weighted by Gasteiger charge is 2.14. The number of aromatic carboxylic acids is 1. The standard InChI is InChI=1S/C12H8BrN3O3/c13-10-3-8(2-1-7(10)4-14)15-6-11-9(12(17)18)5-16-19-11/h1-3,5,15H,6H2,(H,17,18). The van der Waals surface area contributed by atoms with Crippen LogP contribution in [-0.4, -0.2) is 16.2 Å². The fraction of sp³-hybridized carbons (Fsp3) is 0.0833. The van der Waals surface area contributed by atoms with Crippen molar-refractivity contribution in [3.8, 4) is 6.07 Å². The van der Waals surface area contributed by atoms with Crippen LogP contribution in [-0.2, 0) is 6.54 Å². The molecule has 0 saturated heterocycles. The van der Waals surface area contributed by atoms with Crippen molar-refractivity contribution in [3.63, 3.8) is 0 Å². The second-order valence-corrected chi connectivity index (χ2v) is 4.48. The molecule has 0 bridgehead atoms. The Morgan fingerprint density at radius 3 is 3.00 bits per heavy atom. The maximum Gasteiger partial charge on any atom is 0.341 e. The zero-order valence-corrected chi connectivity index (χ0v) is 11.1. The normalized spacial score (nSPS) is 9.89. The van der Waals surface area contributed by atoms with Crippen LogP contribution < -0.4 is 5.32 Å². The Kier molecular flexibility index (Phi) is 3.82. The second-order valence-electron chi connectivity index (χ2n) is 3.63. The van der Waals surface area contributed by atoms with Crippen molar-refractivity contribution in [2.24, 2.45) is 0 Å². The van der Waals surface area contributed by atoms with Crippen molar-refractivity contribution in [2.75, 3.05) is 5.32 Å². The summed E-state index contributed by atoms with van der Waals surface area (Å²) in [6.07, 6.45) is 1.16. The van der Waals surface area contributed by atoms with Crippen LogP contribution in [0.5, 0.6) is 0 Å². The zero-order chi connectivity index (χ0) is 13.8. The molecule has 2 aromatic rings. The molecule has 0 unspecified atom stereocenters. The molecule has 0 fully saturated rings. The lowest BCUT2D eigenvalue weighted by Crippen LogP contribution is -2.04. The molecule has 1 aromatic carbocycles. The quantitative estimate of drug-likeness (QED) is 0.898. The number of halogens is 1. The number of carboxylic acid groups (broad SMARTS) is 1. The third-order valence-corrected chi connectivity index (χ3v) is 3.07. The molecule has 0 atom stereocenters. The maximum atomic E-state index is 10.9. The fourth-order valence-corrected chi connectivity index (χ4v) is 1.93. The van der Waals surface area contributed by atoms with Gasteiger partial charge in [-0.05, 0) is 34.1 Å². The average Bonchev–Trinajstić information content (AvgIpc) is 2.85. The molecular weight excluding hydrogens is 314 g/mol. The predicted molar refractivity (Wildman–Crippen MR) is 69.6 cm³/mol. The number of anilines is 1. The summed E-state index contributed by atoms with van der Waals surface area (Å²) < 4.78 is 5.53. The van der Waals surface area contributed by atoms with Gasteiger partial charge >= 0.3 is 5.97 Å².